The molecule has 0 spiro atoms. The average Bonchev–Trinajstić information content (AvgIpc) is 2.43. The number of rotatable bonds is 0. The van der Waals surface area contributed by atoms with Crippen LogP contribution < -0.4 is 0 Å². The van der Waals surface area contributed by atoms with Crippen molar-refractivity contribution in [3.63, 3.8) is 0 Å². The Balaban J connectivity index is 0.000000200. The van der Waals surface area contributed by atoms with Crippen LogP contribution in [-0.4, -0.2) is 98.0 Å². The van der Waals surface area contributed by atoms with Gasteiger partial charge in [-0.15, -0.1) is 0 Å². The number of hydrogen-bond acceptors (Lipinski definition) is 9. The Labute approximate surface area is 115 Å². The zero-order chi connectivity index (χ0) is 15.4. The predicted molar refractivity (Wildman–Crippen MR) is 63.4 cm³/mol. The Kier molecular flexibility index (Phi) is 6.72. The Hall–Kier alpha value is -0.360. The summed E-state index contributed by atoms with van der Waals surface area (Å²) in [4.78, 5) is 0. The lowest BCUT2D eigenvalue weighted by molar-refractivity contribution is -0.252. The van der Waals surface area contributed by atoms with Gasteiger partial charge in [-0.3, -0.25) is 0 Å². The molecule has 0 aromatic carbocycles. The molecule has 2 rings (SSSR count). The van der Waals surface area contributed by atoms with E-state index in [4.69, 9.17) is 40.5 Å². The topological polar surface area (TPSA) is 160 Å². The Morgan fingerprint density at radius 1 is 0.650 bits per heavy atom. The molecule has 2 fully saturated rings. The van der Waals surface area contributed by atoms with Gasteiger partial charge in [0.1, 0.15) is 36.6 Å². The first-order valence-corrected chi connectivity index (χ1v) is 6.25. The summed E-state index contributed by atoms with van der Waals surface area (Å²) in [6.07, 6.45) is -8.61. The van der Waals surface area contributed by atoms with Crippen LogP contribution in [0, 0.1) is 0 Å². The highest BCUT2D eigenvalue weighted by Crippen LogP contribution is 2.14. The van der Waals surface area contributed by atoms with Gasteiger partial charge in [0.2, 0.25) is 0 Å². The summed E-state index contributed by atoms with van der Waals surface area (Å²) in [7, 11) is 0. The fourth-order valence-electron chi connectivity index (χ4n) is 1.74. The van der Waals surface area contributed by atoms with E-state index in [9.17, 15) is 0 Å². The summed E-state index contributed by atoms with van der Waals surface area (Å²) in [5, 5.41) is 62.3. The molecule has 2 saturated heterocycles. The van der Waals surface area contributed by atoms with Crippen LogP contribution in [0.2, 0.25) is 0 Å². The second kappa shape index (κ2) is 7.59. The van der Waals surface area contributed by atoms with Crippen LogP contribution in [-0.2, 0) is 9.47 Å². The van der Waals surface area contributed by atoms with Crippen molar-refractivity contribution in [2.24, 2.45) is 0 Å². The molecule has 0 amide bonds. The van der Waals surface area contributed by atoms with E-state index in [0.717, 1.165) is 0 Å². The molecule has 0 bridgehead atoms. The summed E-state index contributed by atoms with van der Waals surface area (Å²) in [5.41, 5.74) is 0. The van der Waals surface area contributed by atoms with Crippen molar-refractivity contribution in [3.8, 4) is 0 Å². The Morgan fingerprint density at radius 3 is 1.55 bits per heavy atom. The van der Waals surface area contributed by atoms with Crippen molar-refractivity contribution in [1.29, 1.82) is 0 Å². The quantitative estimate of drug-likeness (QED) is 0.236. The molecule has 7 N–H and O–H groups in total. The van der Waals surface area contributed by atoms with Gasteiger partial charge in [0.05, 0.1) is 19.3 Å². The smallest absolute Gasteiger partial charge is 0.183 e. The summed E-state index contributed by atoms with van der Waals surface area (Å²) >= 11 is 0. The number of aliphatic hydroxyl groups is 7. The van der Waals surface area contributed by atoms with Crippen LogP contribution in [0.5, 0.6) is 0 Å². The molecular formula is C11H22O9. The van der Waals surface area contributed by atoms with Crippen molar-refractivity contribution >= 4 is 0 Å². The van der Waals surface area contributed by atoms with Gasteiger partial charge in [-0.05, 0) is 6.92 Å². The van der Waals surface area contributed by atoms with Gasteiger partial charge in [-0.2, -0.15) is 0 Å². The van der Waals surface area contributed by atoms with Crippen LogP contribution in [0.1, 0.15) is 6.92 Å². The fourth-order valence-corrected chi connectivity index (χ4v) is 1.74. The second-order valence-electron chi connectivity index (χ2n) is 4.86. The molecule has 0 aromatic rings. The van der Waals surface area contributed by atoms with Crippen LogP contribution >= 0.6 is 0 Å². The highest BCUT2D eigenvalue weighted by molar-refractivity contribution is 4.84. The highest BCUT2D eigenvalue weighted by Gasteiger charge is 2.36. The van der Waals surface area contributed by atoms with E-state index in [-0.39, 0.29) is 13.2 Å². The monoisotopic (exact) mass is 298 g/mol. The van der Waals surface area contributed by atoms with Crippen LogP contribution in [0.4, 0.5) is 0 Å². The van der Waals surface area contributed by atoms with Crippen molar-refractivity contribution in [2.45, 2.75) is 55.9 Å². The minimum absolute atomic E-state index is 0.0966. The normalized spacial score (nSPS) is 49.2. The highest BCUT2D eigenvalue weighted by atomic mass is 16.6. The molecule has 2 aliphatic heterocycles. The van der Waals surface area contributed by atoms with Crippen molar-refractivity contribution < 1.29 is 45.2 Å². The van der Waals surface area contributed by atoms with E-state index in [1.165, 1.54) is 0 Å². The van der Waals surface area contributed by atoms with Gasteiger partial charge in [0.15, 0.2) is 6.29 Å². The molecule has 0 aromatic heterocycles. The molecule has 9 heteroatoms. The lowest BCUT2D eigenvalue weighted by Crippen LogP contribution is -2.52. The number of ether oxygens (including phenoxy) is 2. The van der Waals surface area contributed by atoms with Crippen LogP contribution in [0.15, 0.2) is 0 Å². The number of hydrogen-bond donors (Lipinski definition) is 7. The maximum absolute atomic E-state index is 9.08. The molecule has 9 nitrogen and oxygen atoms in total. The van der Waals surface area contributed by atoms with Gasteiger partial charge < -0.3 is 45.2 Å². The average molecular weight is 298 g/mol. The van der Waals surface area contributed by atoms with Gasteiger partial charge in [0, 0.05) is 0 Å². The third kappa shape index (κ3) is 4.32. The molecule has 120 valence electrons. The fraction of sp³-hybridized carbons (Fsp3) is 1.00. The van der Waals surface area contributed by atoms with E-state index in [1.54, 1.807) is 6.92 Å². The largest absolute Gasteiger partial charge is 0.388 e. The molecule has 0 saturated carbocycles. The Morgan fingerprint density at radius 2 is 1.10 bits per heavy atom. The minimum Gasteiger partial charge on any atom is -0.388 e. The minimum atomic E-state index is -1.41. The molecule has 20 heavy (non-hydrogen) atoms. The SMILES string of the molecule is C[C@@H]1OC[C@@H](O)C(O)C1O.OC1C(O)[C@H](O)OC[C@H]1O. The summed E-state index contributed by atoms with van der Waals surface area (Å²) in [6.45, 7) is 1.60. The van der Waals surface area contributed by atoms with E-state index in [0.29, 0.717) is 0 Å². The molecule has 2 heterocycles. The third-order valence-electron chi connectivity index (χ3n) is 3.23. The first kappa shape index (κ1) is 17.7. The van der Waals surface area contributed by atoms with Gasteiger partial charge in [-0.1, -0.05) is 0 Å². The maximum atomic E-state index is 9.08. The standard InChI is InChI=1S/C6H12O4.C5H10O5/c1-3-5(8)6(9)4(7)2-10-3;6-2-1-10-5(9)4(8)3(2)7/h3-9H,2H2,1H3;2-9H,1H2/t3-,4+,5?,6?;2-,3?,4?,5-/m01/s1. The zero-order valence-corrected chi connectivity index (χ0v) is 11.0. The van der Waals surface area contributed by atoms with Crippen molar-refractivity contribution in [3.05, 3.63) is 0 Å². The maximum Gasteiger partial charge on any atom is 0.183 e. The van der Waals surface area contributed by atoms with E-state index < -0.39 is 49.0 Å². The summed E-state index contributed by atoms with van der Waals surface area (Å²) < 4.78 is 9.38. The second-order valence-corrected chi connectivity index (χ2v) is 4.86. The first-order valence-electron chi connectivity index (χ1n) is 6.25. The van der Waals surface area contributed by atoms with Crippen molar-refractivity contribution in [1.82, 2.24) is 0 Å². The van der Waals surface area contributed by atoms with Gasteiger partial charge in [-0.25, -0.2) is 0 Å². The molecule has 4 unspecified atom stereocenters. The van der Waals surface area contributed by atoms with E-state index in [2.05, 4.69) is 4.74 Å². The molecule has 0 aliphatic carbocycles. The summed E-state index contributed by atoms with van der Waals surface area (Å²) in [6, 6.07) is 0. The van der Waals surface area contributed by atoms with Gasteiger partial charge >= 0.3 is 0 Å². The lowest BCUT2D eigenvalue weighted by Gasteiger charge is -2.33. The zero-order valence-electron chi connectivity index (χ0n) is 11.0. The lowest BCUT2D eigenvalue weighted by atomic mass is 10.0. The van der Waals surface area contributed by atoms with Crippen molar-refractivity contribution in [2.75, 3.05) is 13.2 Å². The molecule has 8 atom stereocenters. The van der Waals surface area contributed by atoms with Gasteiger partial charge in [0.25, 0.3) is 0 Å². The Bertz CT molecular complexity index is 233. The first-order chi connectivity index (χ1) is 9.25. The molecule has 2 aliphatic rings. The number of aliphatic hydroxyl groups excluding tert-OH is 7. The summed E-state index contributed by atoms with van der Waals surface area (Å²) in [5.74, 6) is 0. The third-order valence-corrected chi connectivity index (χ3v) is 3.23. The van der Waals surface area contributed by atoms with E-state index in [1.807, 2.05) is 0 Å². The van der Waals surface area contributed by atoms with Crippen LogP contribution in [0.3, 0.4) is 0 Å². The van der Waals surface area contributed by atoms with Crippen LogP contribution in [0.25, 0.3) is 0 Å². The van der Waals surface area contributed by atoms with E-state index >= 15 is 0 Å². The molecular weight excluding hydrogens is 276 g/mol. The molecule has 0 radical (unpaired) electrons. The predicted octanol–water partition coefficient (Wildman–Crippen LogP) is -4.09.